The van der Waals surface area contributed by atoms with Crippen molar-refractivity contribution in [3.05, 3.63) is 30.0 Å². The Labute approximate surface area is 141 Å². The number of phenolic OH excluding ortho intramolecular Hbond substituents is 1. The fraction of sp³-hybridized carbons (Fsp3) is 0.267. The van der Waals surface area contributed by atoms with Crippen LogP contribution in [0.5, 0.6) is 11.6 Å². The van der Waals surface area contributed by atoms with Gasteiger partial charge in [-0.1, -0.05) is 0 Å². The molecule has 1 aliphatic rings. The molecular weight excluding hydrogens is 465 g/mol. The van der Waals surface area contributed by atoms with E-state index in [-0.39, 0.29) is 44.3 Å². The van der Waals surface area contributed by atoms with Crippen LogP contribution in [0.15, 0.2) is 24.4 Å². The summed E-state index contributed by atoms with van der Waals surface area (Å²) in [5.74, 6) is 0.316. The number of benzene rings is 1. The first-order valence-electron chi connectivity index (χ1n) is 6.61. The Morgan fingerprint density at radius 1 is 1.50 bits per heavy atom. The van der Waals surface area contributed by atoms with Crippen molar-refractivity contribution in [3.8, 4) is 17.7 Å². The second-order valence-corrected chi connectivity index (χ2v) is 4.93. The molecule has 1 amide bonds. The maximum Gasteiger partial charge on any atom is 0.221 e. The van der Waals surface area contributed by atoms with E-state index in [0.29, 0.717) is 24.3 Å². The molecule has 1 aromatic heterocycles. The van der Waals surface area contributed by atoms with Crippen LogP contribution in [0.1, 0.15) is 18.4 Å². The van der Waals surface area contributed by atoms with Gasteiger partial charge in [0.2, 0.25) is 11.8 Å². The van der Waals surface area contributed by atoms with Crippen molar-refractivity contribution < 1.29 is 35.7 Å². The number of carbonyl (C=O) groups is 1. The summed E-state index contributed by atoms with van der Waals surface area (Å²) in [7, 11) is 0. The molecule has 22 heavy (non-hydrogen) atoms. The number of aromatic nitrogens is 1. The first-order chi connectivity index (χ1) is 10.2. The number of pyridine rings is 1. The van der Waals surface area contributed by atoms with Gasteiger partial charge >= 0.3 is 0 Å². The number of nitriles is 1. The number of fused-ring (bicyclic) bond motifs is 1. The van der Waals surface area contributed by atoms with Crippen molar-refractivity contribution in [2.45, 2.75) is 18.9 Å². The van der Waals surface area contributed by atoms with Gasteiger partial charge in [-0.15, -0.1) is 0 Å². The number of hydrogen-bond acceptors (Lipinski definition) is 5. The van der Waals surface area contributed by atoms with Gasteiger partial charge in [0.25, 0.3) is 0 Å². The molecule has 1 saturated heterocycles. The normalized spacial score (nSPS) is 16.7. The monoisotopic (exact) mass is 478 g/mol. The fourth-order valence-corrected chi connectivity index (χ4v) is 2.37. The Morgan fingerprint density at radius 2 is 2.32 bits per heavy atom. The molecular formula is C15H13N3O3Pt. The number of phenols is 1. The smallest absolute Gasteiger partial charge is 0.221 e. The molecule has 2 N–H and O–H groups in total. The summed E-state index contributed by atoms with van der Waals surface area (Å²) in [5, 5.41) is 22.9. The number of rotatable bonds is 3. The molecule has 0 bridgehead atoms. The molecule has 3 rings (SSSR count). The van der Waals surface area contributed by atoms with Gasteiger partial charge in [-0.05, 0) is 30.0 Å². The second-order valence-electron chi connectivity index (χ2n) is 4.93. The number of ether oxygens (including phenoxy) is 1. The van der Waals surface area contributed by atoms with Crippen molar-refractivity contribution >= 4 is 16.7 Å². The zero-order chi connectivity index (χ0) is 14.8. The van der Waals surface area contributed by atoms with E-state index < -0.39 is 0 Å². The van der Waals surface area contributed by atoms with Gasteiger partial charge in [0.1, 0.15) is 18.4 Å². The average Bonchev–Trinajstić information content (AvgIpc) is 2.90. The van der Waals surface area contributed by atoms with E-state index in [1.165, 1.54) is 6.07 Å². The molecule has 1 aromatic carbocycles. The standard InChI is InChI=1S/C15H13N3O3.Pt/c16-7-10-5-9-3-4-17-15(12(9)6-13(10)19)21-8-11-1-2-14(20)18-11;/h3-6,11,19H,1-2,8H2,(H,18,20);. The molecule has 0 aliphatic carbocycles. The number of nitrogens with one attached hydrogen (secondary N) is 1. The van der Waals surface area contributed by atoms with Crippen molar-refractivity contribution in [2.24, 2.45) is 0 Å². The van der Waals surface area contributed by atoms with E-state index in [4.69, 9.17) is 10.00 Å². The Morgan fingerprint density at radius 3 is 3.00 bits per heavy atom. The van der Waals surface area contributed by atoms with Crippen molar-refractivity contribution in [2.75, 3.05) is 6.61 Å². The van der Waals surface area contributed by atoms with Crippen LogP contribution in [0, 0.1) is 11.3 Å². The number of carbonyl (C=O) groups excluding carboxylic acids is 1. The first kappa shape index (κ1) is 16.3. The minimum absolute atomic E-state index is 0. The van der Waals surface area contributed by atoms with E-state index in [0.717, 1.165) is 11.8 Å². The van der Waals surface area contributed by atoms with E-state index in [1.807, 2.05) is 6.07 Å². The van der Waals surface area contributed by atoms with Crippen molar-refractivity contribution in [1.29, 1.82) is 5.26 Å². The van der Waals surface area contributed by atoms with Crippen LogP contribution < -0.4 is 10.1 Å². The zero-order valence-corrected chi connectivity index (χ0v) is 13.8. The molecule has 0 saturated carbocycles. The van der Waals surface area contributed by atoms with Crippen molar-refractivity contribution in [1.82, 2.24) is 10.3 Å². The summed E-state index contributed by atoms with van der Waals surface area (Å²) in [4.78, 5) is 15.3. The SMILES string of the molecule is N#Cc1cc2ccnc(OCC3CCC(=O)N3)c2cc1O.[Pt]. The zero-order valence-electron chi connectivity index (χ0n) is 11.5. The average molecular weight is 478 g/mol. The van der Waals surface area contributed by atoms with Gasteiger partial charge in [-0.25, -0.2) is 4.98 Å². The quantitative estimate of drug-likeness (QED) is 0.697. The minimum atomic E-state index is -0.1000. The van der Waals surface area contributed by atoms with E-state index in [1.54, 1.807) is 18.3 Å². The molecule has 1 unspecified atom stereocenters. The summed E-state index contributed by atoms with van der Waals surface area (Å²) in [6.45, 7) is 0.332. The number of nitrogens with zero attached hydrogens (tertiary/aromatic N) is 2. The third-order valence-electron chi connectivity index (χ3n) is 3.47. The van der Waals surface area contributed by atoms with Crippen LogP contribution >= 0.6 is 0 Å². The summed E-state index contributed by atoms with van der Waals surface area (Å²) in [5.41, 5.74) is 0.211. The van der Waals surface area contributed by atoms with E-state index in [2.05, 4.69) is 10.3 Å². The van der Waals surface area contributed by atoms with Crippen LogP contribution in [0.4, 0.5) is 0 Å². The number of hydrogen-bond donors (Lipinski definition) is 2. The van der Waals surface area contributed by atoms with Crippen LogP contribution in [-0.4, -0.2) is 28.6 Å². The van der Waals surface area contributed by atoms with Crippen LogP contribution in [0.25, 0.3) is 10.8 Å². The Hall–Kier alpha value is -2.12. The number of aromatic hydroxyl groups is 1. The molecule has 7 heteroatoms. The topological polar surface area (TPSA) is 95.2 Å². The molecule has 0 radical (unpaired) electrons. The predicted molar refractivity (Wildman–Crippen MR) is 74.8 cm³/mol. The number of amides is 1. The fourth-order valence-electron chi connectivity index (χ4n) is 2.37. The Kier molecular flexibility index (Phi) is 4.99. The Balaban J connectivity index is 0.00000176. The van der Waals surface area contributed by atoms with Gasteiger partial charge in [-0.2, -0.15) is 5.26 Å². The van der Waals surface area contributed by atoms with E-state index in [9.17, 15) is 9.90 Å². The maximum absolute atomic E-state index is 11.1. The third kappa shape index (κ3) is 3.20. The molecule has 0 spiro atoms. The Bertz CT molecular complexity index is 758. The summed E-state index contributed by atoms with van der Waals surface area (Å²) in [6, 6.07) is 6.74. The maximum atomic E-state index is 11.1. The van der Waals surface area contributed by atoms with Gasteiger partial charge in [0, 0.05) is 39.1 Å². The first-order valence-corrected chi connectivity index (χ1v) is 6.61. The van der Waals surface area contributed by atoms with Gasteiger partial charge in [-0.3, -0.25) is 4.79 Å². The third-order valence-corrected chi connectivity index (χ3v) is 3.47. The molecule has 116 valence electrons. The molecule has 2 aromatic rings. The second kappa shape index (κ2) is 6.76. The molecule has 1 atom stereocenters. The van der Waals surface area contributed by atoms with Crippen molar-refractivity contribution in [3.63, 3.8) is 0 Å². The molecule has 1 aliphatic heterocycles. The summed E-state index contributed by atoms with van der Waals surface area (Å²) < 4.78 is 5.66. The van der Waals surface area contributed by atoms with Crippen LogP contribution in [-0.2, 0) is 25.9 Å². The summed E-state index contributed by atoms with van der Waals surface area (Å²) >= 11 is 0. The van der Waals surface area contributed by atoms with Gasteiger partial charge in [0.15, 0.2) is 0 Å². The predicted octanol–water partition coefficient (Wildman–Crippen LogP) is 1.47. The summed E-state index contributed by atoms with van der Waals surface area (Å²) in [6.07, 6.45) is 2.85. The molecule has 2 heterocycles. The molecule has 6 nitrogen and oxygen atoms in total. The van der Waals surface area contributed by atoms with Gasteiger partial charge < -0.3 is 15.2 Å². The van der Waals surface area contributed by atoms with Crippen LogP contribution in [0.3, 0.4) is 0 Å². The minimum Gasteiger partial charge on any atom is -0.507 e. The van der Waals surface area contributed by atoms with E-state index >= 15 is 0 Å². The largest absolute Gasteiger partial charge is 0.507 e. The van der Waals surface area contributed by atoms with Crippen LogP contribution in [0.2, 0.25) is 0 Å². The molecule has 1 fully saturated rings. The van der Waals surface area contributed by atoms with Gasteiger partial charge in [0.05, 0.1) is 11.6 Å².